The van der Waals surface area contributed by atoms with E-state index in [1.54, 1.807) is 32.8 Å². The standard InChI is InChI=1S/C20H29NO6/c1-18(2,3)27-17(23)19(4,24)20(5)16(22)21(11-12-26-20)13-14-7-9-15(25-6)10-8-14/h7-10,24H,11-13H2,1-6H3/t19?,20-/m0/s1. The summed E-state index contributed by atoms with van der Waals surface area (Å²) in [7, 11) is 1.59. The molecule has 1 fully saturated rings. The minimum Gasteiger partial charge on any atom is -0.497 e. The van der Waals surface area contributed by atoms with Gasteiger partial charge in [0, 0.05) is 13.1 Å². The number of nitrogens with zero attached hydrogens (tertiary/aromatic N) is 1. The quantitative estimate of drug-likeness (QED) is 0.787. The van der Waals surface area contributed by atoms with Crippen LogP contribution in [-0.2, 0) is 25.6 Å². The van der Waals surface area contributed by atoms with Crippen molar-refractivity contribution < 1.29 is 28.9 Å². The predicted molar refractivity (Wildman–Crippen MR) is 99.2 cm³/mol. The van der Waals surface area contributed by atoms with E-state index in [0.29, 0.717) is 13.1 Å². The van der Waals surface area contributed by atoms with Gasteiger partial charge in [-0.15, -0.1) is 0 Å². The second kappa shape index (κ2) is 7.48. The molecule has 1 aromatic carbocycles. The number of esters is 1. The molecule has 2 atom stereocenters. The molecule has 150 valence electrons. The monoisotopic (exact) mass is 379 g/mol. The molecule has 7 heteroatoms. The molecule has 0 bridgehead atoms. The van der Waals surface area contributed by atoms with Crippen molar-refractivity contribution in [3.05, 3.63) is 29.8 Å². The predicted octanol–water partition coefficient (Wildman–Crippen LogP) is 1.91. The van der Waals surface area contributed by atoms with Crippen LogP contribution in [0.3, 0.4) is 0 Å². The number of carbonyl (C=O) groups excluding carboxylic acids is 2. The molecule has 0 spiro atoms. The number of ether oxygens (including phenoxy) is 3. The highest BCUT2D eigenvalue weighted by atomic mass is 16.6. The van der Waals surface area contributed by atoms with E-state index >= 15 is 0 Å². The third kappa shape index (κ3) is 4.42. The third-order valence-corrected chi connectivity index (χ3v) is 4.71. The van der Waals surface area contributed by atoms with Gasteiger partial charge in [-0.05, 0) is 52.3 Å². The van der Waals surface area contributed by atoms with Crippen LogP contribution in [0.2, 0.25) is 0 Å². The molecule has 1 aliphatic rings. The van der Waals surface area contributed by atoms with Crippen LogP contribution >= 0.6 is 0 Å². The lowest BCUT2D eigenvalue weighted by Crippen LogP contribution is -2.68. The van der Waals surface area contributed by atoms with Gasteiger partial charge in [0.15, 0.2) is 11.2 Å². The average molecular weight is 379 g/mol. The van der Waals surface area contributed by atoms with Crippen molar-refractivity contribution in [2.75, 3.05) is 20.3 Å². The first-order valence-electron chi connectivity index (χ1n) is 8.93. The topological polar surface area (TPSA) is 85.3 Å². The maximum atomic E-state index is 13.1. The lowest BCUT2D eigenvalue weighted by atomic mass is 9.83. The smallest absolute Gasteiger partial charge is 0.341 e. The Balaban J connectivity index is 2.21. The van der Waals surface area contributed by atoms with Crippen molar-refractivity contribution in [2.45, 2.75) is 58.0 Å². The number of morpholine rings is 1. The molecule has 1 aromatic rings. The summed E-state index contributed by atoms with van der Waals surface area (Å²) in [5.41, 5.74) is -3.75. The third-order valence-electron chi connectivity index (χ3n) is 4.71. The molecule has 1 amide bonds. The number of aliphatic hydroxyl groups is 1. The Kier molecular flexibility index (Phi) is 5.87. The summed E-state index contributed by atoms with van der Waals surface area (Å²) in [5, 5.41) is 10.9. The van der Waals surface area contributed by atoms with E-state index in [9.17, 15) is 14.7 Å². The van der Waals surface area contributed by atoms with Gasteiger partial charge in [-0.1, -0.05) is 12.1 Å². The molecule has 0 aliphatic carbocycles. The van der Waals surface area contributed by atoms with Crippen LogP contribution in [0.15, 0.2) is 24.3 Å². The Morgan fingerprint density at radius 1 is 1.26 bits per heavy atom. The van der Waals surface area contributed by atoms with Crippen molar-refractivity contribution in [3.8, 4) is 5.75 Å². The summed E-state index contributed by atoms with van der Waals surface area (Å²) in [6, 6.07) is 7.36. The Labute approximate surface area is 160 Å². The van der Waals surface area contributed by atoms with Crippen molar-refractivity contribution >= 4 is 11.9 Å². The fourth-order valence-corrected chi connectivity index (χ4v) is 2.85. The van der Waals surface area contributed by atoms with Crippen LogP contribution in [0, 0.1) is 0 Å². The summed E-state index contributed by atoms with van der Waals surface area (Å²) < 4.78 is 16.1. The van der Waals surface area contributed by atoms with E-state index in [4.69, 9.17) is 14.2 Å². The molecule has 1 saturated heterocycles. The maximum Gasteiger partial charge on any atom is 0.341 e. The number of rotatable bonds is 5. The first-order valence-corrected chi connectivity index (χ1v) is 8.93. The largest absolute Gasteiger partial charge is 0.497 e. The Morgan fingerprint density at radius 2 is 1.85 bits per heavy atom. The van der Waals surface area contributed by atoms with Gasteiger partial charge < -0.3 is 24.2 Å². The van der Waals surface area contributed by atoms with Crippen LogP contribution in [0.1, 0.15) is 40.2 Å². The number of methoxy groups -OCH3 is 1. The number of benzene rings is 1. The Hall–Kier alpha value is -2.12. The molecule has 1 N–H and O–H groups in total. The number of hydrogen-bond donors (Lipinski definition) is 1. The zero-order chi connectivity index (χ0) is 20.5. The Bertz CT molecular complexity index is 691. The van der Waals surface area contributed by atoms with E-state index in [1.807, 2.05) is 24.3 Å². The summed E-state index contributed by atoms with van der Waals surface area (Å²) in [6.07, 6.45) is 0. The van der Waals surface area contributed by atoms with Gasteiger partial charge in [0.1, 0.15) is 11.4 Å². The van der Waals surface area contributed by atoms with Gasteiger partial charge in [0.25, 0.3) is 5.91 Å². The van der Waals surface area contributed by atoms with Gasteiger partial charge in [-0.25, -0.2) is 4.79 Å². The molecule has 0 aromatic heterocycles. The molecule has 7 nitrogen and oxygen atoms in total. The second-order valence-electron chi connectivity index (χ2n) is 8.03. The first kappa shape index (κ1) is 21.2. The molecule has 27 heavy (non-hydrogen) atoms. The SMILES string of the molecule is COc1ccc(CN2CCO[C@](C)(C(C)(O)C(=O)OC(C)(C)C)C2=O)cc1. The summed E-state index contributed by atoms with van der Waals surface area (Å²) >= 11 is 0. The minimum absolute atomic E-state index is 0.206. The van der Waals surface area contributed by atoms with Crippen molar-refractivity contribution in [1.29, 1.82) is 0 Å². The summed E-state index contributed by atoms with van der Waals surface area (Å²) in [6.45, 7) is 8.69. The number of carbonyl (C=O) groups is 2. The van der Waals surface area contributed by atoms with Crippen LogP contribution in [0.4, 0.5) is 0 Å². The fourth-order valence-electron chi connectivity index (χ4n) is 2.85. The molecular weight excluding hydrogens is 350 g/mol. The molecule has 2 rings (SSSR count). The van der Waals surface area contributed by atoms with E-state index in [0.717, 1.165) is 11.3 Å². The number of hydrogen-bond acceptors (Lipinski definition) is 6. The van der Waals surface area contributed by atoms with Crippen LogP contribution in [-0.4, -0.2) is 58.9 Å². The van der Waals surface area contributed by atoms with Crippen LogP contribution in [0.25, 0.3) is 0 Å². The normalized spacial score (nSPS) is 22.9. The molecule has 0 radical (unpaired) electrons. The molecule has 1 unspecified atom stereocenters. The minimum atomic E-state index is -2.13. The average Bonchev–Trinajstić information content (AvgIpc) is 2.58. The number of amides is 1. The van der Waals surface area contributed by atoms with Gasteiger partial charge in [-0.3, -0.25) is 4.79 Å². The molecular formula is C20H29NO6. The van der Waals surface area contributed by atoms with Gasteiger partial charge in [0.2, 0.25) is 0 Å². The van der Waals surface area contributed by atoms with Crippen LogP contribution in [0.5, 0.6) is 5.75 Å². The van der Waals surface area contributed by atoms with E-state index in [2.05, 4.69) is 0 Å². The van der Waals surface area contributed by atoms with Crippen LogP contribution < -0.4 is 4.74 Å². The first-order chi connectivity index (χ1) is 12.4. The lowest BCUT2D eigenvalue weighted by molar-refractivity contribution is -0.225. The summed E-state index contributed by atoms with van der Waals surface area (Å²) in [4.78, 5) is 27.2. The zero-order valence-corrected chi connectivity index (χ0v) is 16.9. The summed E-state index contributed by atoms with van der Waals surface area (Å²) in [5.74, 6) is -0.623. The molecule has 0 saturated carbocycles. The van der Waals surface area contributed by atoms with E-state index in [-0.39, 0.29) is 6.61 Å². The Morgan fingerprint density at radius 3 is 2.37 bits per heavy atom. The van der Waals surface area contributed by atoms with Gasteiger partial charge in [-0.2, -0.15) is 0 Å². The molecule has 1 heterocycles. The highest BCUT2D eigenvalue weighted by Crippen LogP contribution is 2.34. The maximum absolute atomic E-state index is 13.1. The lowest BCUT2D eigenvalue weighted by Gasteiger charge is -2.46. The highest BCUT2D eigenvalue weighted by Gasteiger charge is 2.59. The highest BCUT2D eigenvalue weighted by molar-refractivity contribution is 5.95. The van der Waals surface area contributed by atoms with E-state index < -0.39 is 28.7 Å². The van der Waals surface area contributed by atoms with Gasteiger partial charge >= 0.3 is 5.97 Å². The van der Waals surface area contributed by atoms with Crippen molar-refractivity contribution in [3.63, 3.8) is 0 Å². The van der Waals surface area contributed by atoms with E-state index in [1.165, 1.54) is 13.8 Å². The fraction of sp³-hybridized carbons (Fsp3) is 0.600. The van der Waals surface area contributed by atoms with Crippen molar-refractivity contribution in [1.82, 2.24) is 4.90 Å². The second-order valence-corrected chi connectivity index (χ2v) is 8.03. The van der Waals surface area contributed by atoms with Gasteiger partial charge in [0.05, 0.1) is 13.7 Å². The zero-order valence-electron chi connectivity index (χ0n) is 16.9. The van der Waals surface area contributed by atoms with Crippen molar-refractivity contribution in [2.24, 2.45) is 0 Å². The molecule has 1 aliphatic heterocycles.